The molecule has 2 aliphatic heterocycles. The molecule has 0 saturated carbocycles. The Morgan fingerprint density at radius 3 is 2.36 bits per heavy atom. The quantitative estimate of drug-likeness (QED) is 0.922. The molecule has 0 amide bonds. The fourth-order valence-corrected chi connectivity index (χ4v) is 3.65. The van der Waals surface area contributed by atoms with Gasteiger partial charge in [0, 0.05) is 36.9 Å². The lowest BCUT2D eigenvalue weighted by molar-refractivity contribution is -0.274. The molecule has 1 N–H and O–H groups in total. The van der Waals surface area contributed by atoms with Crippen LogP contribution in [0.5, 0.6) is 5.75 Å². The Kier molecular flexibility index (Phi) is 3.87. The number of hydrogen-bond donors (Lipinski definition) is 1. The SMILES string of the molecule is Cc1cc(N2CC3CCC(C2)N3)nn1-c1ccc(OC(F)(F)F)cc1. The molecule has 25 heavy (non-hydrogen) atoms. The number of anilines is 1. The van der Waals surface area contributed by atoms with Crippen molar-refractivity contribution in [3.63, 3.8) is 0 Å². The first-order valence-corrected chi connectivity index (χ1v) is 8.31. The zero-order valence-electron chi connectivity index (χ0n) is 13.8. The minimum atomic E-state index is -4.68. The molecule has 5 nitrogen and oxygen atoms in total. The predicted molar refractivity (Wildman–Crippen MR) is 87.1 cm³/mol. The monoisotopic (exact) mass is 352 g/mol. The second kappa shape index (κ2) is 5.94. The van der Waals surface area contributed by atoms with E-state index in [1.165, 1.54) is 25.0 Å². The number of rotatable bonds is 3. The summed E-state index contributed by atoms with van der Waals surface area (Å²) in [7, 11) is 0. The van der Waals surface area contributed by atoms with Gasteiger partial charge in [-0.3, -0.25) is 0 Å². The minimum Gasteiger partial charge on any atom is -0.406 e. The normalized spacial score (nSPS) is 23.1. The van der Waals surface area contributed by atoms with Crippen LogP contribution in [-0.4, -0.2) is 41.3 Å². The van der Waals surface area contributed by atoms with E-state index in [-0.39, 0.29) is 5.75 Å². The molecule has 134 valence electrons. The maximum absolute atomic E-state index is 12.3. The van der Waals surface area contributed by atoms with E-state index >= 15 is 0 Å². The predicted octanol–water partition coefficient (Wildman–Crippen LogP) is 3.02. The third kappa shape index (κ3) is 3.44. The standard InChI is InChI=1S/C17H19F3N4O/c1-11-8-16(23-9-12-2-3-13(10-23)21-12)22-24(11)14-4-6-15(7-5-14)25-17(18,19)20/h4-8,12-13,21H,2-3,9-10H2,1H3. The number of aromatic nitrogens is 2. The van der Waals surface area contributed by atoms with Gasteiger partial charge in [-0.1, -0.05) is 0 Å². The number of fused-ring (bicyclic) bond motifs is 2. The van der Waals surface area contributed by atoms with E-state index in [9.17, 15) is 13.2 Å². The summed E-state index contributed by atoms with van der Waals surface area (Å²) < 4.78 is 42.4. The van der Waals surface area contributed by atoms with Gasteiger partial charge in [0.15, 0.2) is 5.82 Å². The molecule has 8 heteroatoms. The van der Waals surface area contributed by atoms with Gasteiger partial charge in [0.1, 0.15) is 5.75 Å². The van der Waals surface area contributed by atoms with Crippen molar-refractivity contribution >= 4 is 5.82 Å². The molecular weight excluding hydrogens is 333 g/mol. The number of alkyl halides is 3. The summed E-state index contributed by atoms with van der Waals surface area (Å²) in [5.41, 5.74) is 1.64. The number of nitrogens with one attached hydrogen (secondary N) is 1. The van der Waals surface area contributed by atoms with E-state index in [1.807, 2.05) is 13.0 Å². The third-order valence-electron chi connectivity index (χ3n) is 4.73. The van der Waals surface area contributed by atoms with Crippen LogP contribution in [0.2, 0.25) is 0 Å². The van der Waals surface area contributed by atoms with E-state index < -0.39 is 6.36 Å². The number of aryl methyl sites for hydroxylation is 1. The zero-order valence-corrected chi connectivity index (χ0v) is 13.8. The fraction of sp³-hybridized carbons (Fsp3) is 0.471. The number of halogens is 3. The van der Waals surface area contributed by atoms with Crippen molar-refractivity contribution in [3.8, 4) is 11.4 Å². The van der Waals surface area contributed by atoms with Crippen LogP contribution in [0.4, 0.5) is 19.0 Å². The van der Waals surface area contributed by atoms with Gasteiger partial charge in [-0.25, -0.2) is 4.68 Å². The third-order valence-corrected chi connectivity index (χ3v) is 4.73. The van der Waals surface area contributed by atoms with Crippen LogP contribution in [0.25, 0.3) is 5.69 Å². The smallest absolute Gasteiger partial charge is 0.406 e. The second-order valence-corrected chi connectivity index (χ2v) is 6.64. The van der Waals surface area contributed by atoms with Crippen molar-refractivity contribution in [2.24, 2.45) is 0 Å². The number of nitrogens with zero attached hydrogens (tertiary/aromatic N) is 3. The number of piperazine rings is 1. The molecule has 2 unspecified atom stereocenters. The fourth-order valence-electron chi connectivity index (χ4n) is 3.65. The Morgan fingerprint density at radius 2 is 1.76 bits per heavy atom. The van der Waals surface area contributed by atoms with Gasteiger partial charge < -0.3 is 15.0 Å². The van der Waals surface area contributed by atoms with Crippen molar-refractivity contribution in [1.29, 1.82) is 0 Å². The van der Waals surface area contributed by atoms with Gasteiger partial charge in [-0.05, 0) is 44.0 Å². The molecule has 2 aromatic rings. The van der Waals surface area contributed by atoms with E-state index in [0.29, 0.717) is 17.8 Å². The van der Waals surface area contributed by atoms with Crippen molar-refractivity contribution < 1.29 is 17.9 Å². The highest BCUT2D eigenvalue weighted by molar-refractivity contribution is 5.46. The van der Waals surface area contributed by atoms with Crippen molar-refractivity contribution in [2.75, 3.05) is 18.0 Å². The molecule has 1 aromatic carbocycles. The van der Waals surface area contributed by atoms with E-state index in [2.05, 4.69) is 20.1 Å². The van der Waals surface area contributed by atoms with Crippen LogP contribution >= 0.6 is 0 Å². The first-order valence-electron chi connectivity index (χ1n) is 8.31. The summed E-state index contributed by atoms with van der Waals surface area (Å²) >= 11 is 0. The second-order valence-electron chi connectivity index (χ2n) is 6.64. The number of hydrogen-bond acceptors (Lipinski definition) is 4. The molecule has 2 atom stereocenters. The Bertz CT molecular complexity index is 744. The summed E-state index contributed by atoms with van der Waals surface area (Å²) in [5.74, 6) is 0.673. The molecule has 2 aliphatic rings. The first-order chi connectivity index (χ1) is 11.9. The molecule has 2 saturated heterocycles. The molecule has 3 heterocycles. The summed E-state index contributed by atoms with van der Waals surface area (Å²) in [4.78, 5) is 2.28. The Labute approximate surface area is 143 Å². The van der Waals surface area contributed by atoms with Gasteiger partial charge in [0.2, 0.25) is 0 Å². The van der Waals surface area contributed by atoms with Gasteiger partial charge in [-0.15, -0.1) is 13.2 Å². The molecule has 0 spiro atoms. The number of ether oxygens (including phenoxy) is 1. The summed E-state index contributed by atoms with van der Waals surface area (Å²) in [6, 6.07) is 8.80. The zero-order chi connectivity index (χ0) is 17.6. The average Bonchev–Trinajstić information content (AvgIpc) is 3.09. The first kappa shape index (κ1) is 16.3. The van der Waals surface area contributed by atoms with Gasteiger partial charge in [0.05, 0.1) is 5.69 Å². The van der Waals surface area contributed by atoms with Crippen LogP contribution in [0, 0.1) is 6.92 Å². The molecular formula is C17H19F3N4O. The maximum Gasteiger partial charge on any atom is 0.573 e. The lowest BCUT2D eigenvalue weighted by Crippen LogP contribution is -2.51. The van der Waals surface area contributed by atoms with Gasteiger partial charge in [-0.2, -0.15) is 5.10 Å². The van der Waals surface area contributed by atoms with Crippen molar-refractivity contribution in [2.45, 2.75) is 38.2 Å². The molecule has 4 rings (SSSR count). The Balaban J connectivity index is 1.54. The maximum atomic E-state index is 12.3. The lowest BCUT2D eigenvalue weighted by atomic mass is 10.2. The summed E-state index contributed by atoms with van der Waals surface area (Å²) in [5, 5.41) is 8.24. The highest BCUT2D eigenvalue weighted by Crippen LogP contribution is 2.27. The molecule has 2 fully saturated rings. The van der Waals surface area contributed by atoms with Crippen LogP contribution in [-0.2, 0) is 0 Å². The Hall–Kier alpha value is -2.22. The van der Waals surface area contributed by atoms with Gasteiger partial charge in [0.25, 0.3) is 0 Å². The molecule has 1 aromatic heterocycles. The molecule has 2 bridgehead atoms. The van der Waals surface area contributed by atoms with E-state index in [0.717, 1.165) is 24.6 Å². The highest BCUT2D eigenvalue weighted by Gasteiger charge is 2.33. The molecule has 0 aliphatic carbocycles. The Morgan fingerprint density at radius 1 is 1.12 bits per heavy atom. The highest BCUT2D eigenvalue weighted by atomic mass is 19.4. The van der Waals surface area contributed by atoms with Crippen molar-refractivity contribution in [1.82, 2.24) is 15.1 Å². The van der Waals surface area contributed by atoms with E-state index in [1.54, 1.807) is 16.8 Å². The molecule has 0 radical (unpaired) electrons. The van der Waals surface area contributed by atoms with Crippen LogP contribution in [0.3, 0.4) is 0 Å². The average molecular weight is 352 g/mol. The van der Waals surface area contributed by atoms with Crippen LogP contribution < -0.4 is 15.0 Å². The largest absolute Gasteiger partial charge is 0.573 e. The summed E-state index contributed by atoms with van der Waals surface area (Å²) in [6.45, 7) is 3.81. The van der Waals surface area contributed by atoms with Gasteiger partial charge >= 0.3 is 6.36 Å². The minimum absolute atomic E-state index is 0.236. The lowest BCUT2D eigenvalue weighted by Gasteiger charge is -2.32. The van der Waals surface area contributed by atoms with E-state index in [4.69, 9.17) is 0 Å². The topological polar surface area (TPSA) is 42.3 Å². The van der Waals surface area contributed by atoms with Crippen LogP contribution in [0.15, 0.2) is 30.3 Å². The summed E-state index contributed by atoms with van der Waals surface area (Å²) in [6.07, 6.45) is -2.29. The van der Waals surface area contributed by atoms with Crippen molar-refractivity contribution in [3.05, 3.63) is 36.0 Å². The van der Waals surface area contributed by atoms with Crippen LogP contribution in [0.1, 0.15) is 18.5 Å². The number of benzene rings is 1.